The van der Waals surface area contributed by atoms with E-state index in [1.807, 2.05) is 6.07 Å². The quantitative estimate of drug-likeness (QED) is 0.610. The second-order valence-electron chi connectivity index (χ2n) is 1.73. The zero-order chi connectivity index (χ0) is 6.69. The molecule has 0 unspecified atom stereocenters. The number of furan rings is 1. The van der Waals surface area contributed by atoms with Gasteiger partial charge in [-0.1, -0.05) is 0 Å². The molecular weight excluding hydrogens is 134 g/mol. The second kappa shape index (κ2) is 2.94. The van der Waals surface area contributed by atoms with Gasteiger partial charge in [0.15, 0.2) is 0 Å². The Morgan fingerprint density at radius 2 is 2.44 bits per heavy atom. The van der Waals surface area contributed by atoms with Gasteiger partial charge in [-0.05, 0) is 6.07 Å². The predicted molar refractivity (Wildman–Crippen MR) is 39.3 cm³/mol. The van der Waals surface area contributed by atoms with Crippen molar-refractivity contribution < 1.29 is 4.42 Å². The van der Waals surface area contributed by atoms with E-state index < -0.39 is 0 Å². The maximum atomic E-state index is 5.34. The van der Waals surface area contributed by atoms with Crippen molar-refractivity contribution in [1.29, 1.82) is 0 Å². The molecule has 0 spiro atoms. The summed E-state index contributed by atoms with van der Waals surface area (Å²) in [7, 11) is 0. The SMILES string of the molecule is NCc1occc1CS. The van der Waals surface area contributed by atoms with Crippen molar-refractivity contribution in [3.8, 4) is 0 Å². The van der Waals surface area contributed by atoms with E-state index in [0.29, 0.717) is 12.3 Å². The Labute approximate surface area is 59.5 Å². The number of hydrogen-bond donors (Lipinski definition) is 2. The van der Waals surface area contributed by atoms with Gasteiger partial charge in [0, 0.05) is 11.3 Å². The van der Waals surface area contributed by atoms with E-state index in [1.165, 1.54) is 0 Å². The molecule has 0 saturated carbocycles. The Kier molecular flexibility index (Phi) is 2.19. The van der Waals surface area contributed by atoms with E-state index in [1.54, 1.807) is 6.26 Å². The van der Waals surface area contributed by atoms with Crippen LogP contribution in [0.3, 0.4) is 0 Å². The molecule has 3 heteroatoms. The van der Waals surface area contributed by atoms with Crippen LogP contribution in [0.2, 0.25) is 0 Å². The smallest absolute Gasteiger partial charge is 0.121 e. The van der Waals surface area contributed by atoms with Gasteiger partial charge in [0.05, 0.1) is 12.8 Å². The van der Waals surface area contributed by atoms with Crippen molar-refractivity contribution in [3.05, 3.63) is 23.7 Å². The molecule has 0 aliphatic rings. The molecule has 0 aromatic carbocycles. The largest absolute Gasteiger partial charge is 0.468 e. The van der Waals surface area contributed by atoms with Crippen LogP contribution in [0, 0.1) is 0 Å². The summed E-state index contributed by atoms with van der Waals surface area (Å²) >= 11 is 4.08. The van der Waals surface area contributed by atoms with Crippen LogP contribution in [0.15, 0.2) is 16.7 Å². The van der Waals surface area contributed by atoms with E-state index >= 15 is 0 Å². The molecule has 0 saturated heterocycles. The van der Waals surface area contributed by atoms with Gasteiger partial charge in [-0.15, -0.1) is 0 Å². The lowest BCUT2D eigenvalue weighted by Crippen LogP contribution is -1.96. The third-order valence-corrected chi connectivity index (χ3v) is 1.53. The van der Waals surface area contributed by atoms with Crippen LogP contribution >= 0.6 is 12.6 Å². The molecule has 0 aliphatic carbocycles. The third kappa shape index (κ3) is 1.28. The van der Waals surface area contributed by atoms with Crippen molar-refractivity contribution >= 4 is 12.6 Å². The third-order valence-electron chi connectivity index (χ3n) is 1.19. The second-order valence-corrected chi connectivity index (χ2v) is 2.05. The number of rotatable bonds is 2. The van der Waals surface area contributed by atoms with Gasteiger partial charge in [-0.25, -0.2) is 0 Å². The fraction of sp³-hybridized carbons (Fsp3) is 0.333. The van der Waals surface area contributed by atoms with Gasteiger partial charge in [-0.2, -0.15) is 12.6 Å². The lowest BCUT2D eigenvalue weighted by atomic mass is 10.3. The fourth-order valence-corrected chi connectivity index (χ4v) is 0.969. The highest BCUT2D eigenvalue weighted by molar-refractivity contribution is 7.79. The van der Waals surface area contributed by atoms with Crippen molar-refractivity contribution in [3.63, 3.8) is 0 Å². The molecule has 0 aliphatic heterocycles. The zero-order valence-corrected chi connectivity index (χ0v) is 5.90. The highest BCUT2D eigenvalue weighted by Gasteiger charge is 1.99. The summed E-state index contributed by atoms with van der Waals surface area (Å²) in [6.07, 6.45) is 1.63. The van der Waals surface area contributed by atoms with Gasteiger partial charge >= 0.3 is 0 Å². The van der Waals surface area contributed by atoms with Crippen LogP contribution in [-0.2, 0) is 12.3 Å². The monoisotopic (exact) mass is 143 g/mol. The average Bonchev–Trinajstić information content (AvgIpc) is 2.33. The molecule has 2 nitrogen and oxygen atoms in total. The Morgan fingerprint density at radius 1 is 1.67 bits per heavy atom. The Morgan fingerprint density at radius 3 is 2.89 bits per heavy atom. The molecule has 0 bridgehead atoms. The van der Waals surface area contributed by atoms with Crippen molar-refractivity contribution in [2.75, 3.05) is 0 Å². The summed E-state index contributed by atoms with van der Waals surface area (Å²) in [5, 5.41) is 0. The summed E-state index contributed by atoms with van der Waals surface area (Å²) < 4.78 is 5.03. The maximum Gasteiger partial charge on any atom is 0.121 e. The fourth-order valence-electron chi connectivity index (χ4n) is 0.687. The summed E-state index contributed by atoms with van der Waals surface area (Å²) in [4.78, 5) is 0. The van der Waals surface area contributed by atoms with E-state index in [9.17, 15) is 0 Å². The summed E-state index contributed by atoms with van der Waals surface area (Å²) in [5.74, 6) is 1.54. The summed E-state index contributed by atoms with van der Waals surface area (Å²) in [6, 6.07) is 1.88. The molecule has 1 aromatic rings. The lowest BCUT2D eigenvalue weighted by molar-refractivity contribution is 0.509. The van der Waals surface area contributed by atoms with E-state index in [-0.39, 0.29) is 0 Å². The normalized spacial score (nSPS) is 10.0. The van der Waals surface area contributed by atoms with Crippen LogP contribution in [0.4, 0.5) is 0 Å². The molecular formula is C6H9NOS. The molecule has 50 valence electrons. The van der Waals surface area contributed by atoms with Gasteiger partial charge in [-0.3, -0.25) is 0 Å². The maximum absolute atomic E-state index is 5.34. The molecule has 2 N–H and O–H groups in total. The highest BCUT2D eigenvalue weighted by atomic mass is 32.1. The number of thiol groups is 1. The molecule has 0 amide bonds. The zero-order valence-electron chi connectivity index (χ0n) is 5.00. The Balaban J connectivity index is 2.85. The molecule has 1 rings (SSSR count). The average molecular weight is 143 g/mol. The van der Waals surface area contributed by atoms with E-state index in [2.05, 4.69) is 12.6 Å². The minimum Gasteiger partial charge on any atom is -0.468 e. The lowest BCUT2D eigenvalue weighted by Gasteiger charge is -1.91. The van der Waals surface area contributed by atoms with Crippen LogP contribution < -0.4 is 5.73 Å². The van der Waals surface area contributed by atoms with Crippen molar-refractivity contribution in [1.82, 2.24) is 0 Å². The van der Waals surface area contributed by atoms with Gasteiger partial charge in [0.2, 0.25) is 0 Å². The first-order chi connectivity index (χ1) is 4.38. The highest BCUT2D eigenvalue weighted by Crippen LogP contribution is 2.10. The van der Waals surface area contributed by atoms with Crippen molar-refractivity contribution in [2.45, 2.75) is 12.3 Å². The summed E-state index contributed by atoms with van der Waals surface area (Å²) in [6.45, 7) is 0.461. The van der Waals surface area contributed by atoms with Crippen LogP contribution in [0.25, 0.3) is 0 Å². The minimum atomic E-state index is 0.461. The first-order valence-corrected chi connectivity index (χ1v) is 3.38. The molecule has 1 heterocycles. The molecule has 9 heavy (non-hydrogen) atoms. The molecule has 0 radical (unpaired) electrons. The van der Waals surface area contributed by atoms with Crippen LogP contribution in [0.1, 0.15) is 11.3 Å². The predicted octanol–water partition coefficient (Wildman–Crippen LogP) is 1.17. The molecule has 1 aromatic heterocycles. The molecule has 0 fully saturated rings. The van der Waals surface area contributed by atoms with Gasteiger partial charge in [0.25, 0.3) is 0 Å². The molecule has 0 atom stereocenters. The Bertz CT molecular complexity index is 166. The first kappa shape index (κ1) is 6.71. The Hall–Kier alpha value is -0.410. The topological polar surface area (TPSA) is 39.2 Å². The number of hydrogen-bond acceptors (Lipinski definition) is 3. The minimum absolute atomic E-state index is 0.461. The van der Waals surface area contributed by atoms with Gasteiger partial charge < -0.3 is 10.2 Å². The van der Waals surface area contributed by atoms with E-state index in [0.717, 1.165) is 11.3 Å². The summed E-state index contributed by atoms with van der Waals surface area (Å²) in [5.41, 5.74) is 6.43. The first-order valence-electron chi connectivity index (χ1n) is 2.74. The van der Waals surface area contributed by atoms with E-state index in [4.69, 9.17) is 10.2 Å². The van der Waals surface area contributed by atoms with Crippen LogP contribution in [0.5, 0.6) is 0 Å². The standard InChI is InChI=1S/C6H9NOS/c7-3-6-5(4-9)1-2-8-6/h1-2,9H,3-4,7H2. The van der Waals surface area contributed by atoms with Gasteiger partial charge in [0.1, 0.15) is 5.76 Å². The van der Waals surface area contributed by atoms with Crippen LogP contribution in [-0.4, -0.2) is 0 Å². The van der Waals surface area contributed by atoms with Crippen molar-refractivity contribution in [2.24, 2.45) is 5.73 Å². The number of nitrogens with two attached hydrogens (primary N) is 1.